The molecule has 3 aromatic rings. The van der Waals surface area contributed by atoms with Gasteiger partial charge in [0.2, 0.25) is 0 Å². The van der Waals surface area contributed by atoms with Crippen LogP contribution in [0.25, 0.3) is 0 Å². The number of Topliss-reactive ketones (excluding diaryl/α,β-unsaturated/α-hetero) is 1. The number of allylic oxidation sites excluding steroid dienone is 2. The second-order valence-corrected chi connectivity index (χ2v) is 14.9. The second-order valence-electron chi connectivity index (χ2n) is 10.3. The van der Waals surface area contributed by atoms with Crippen LogP contribution in [0.5, 0.6) is 5.75 Å². The van der Waals surface area contributed by atoms with E-state index in [4.69, 9.17) is 85.9 Å². The Labute approximate surface area is 294 Å². The molecule has 2 fully saturated rings. The molecule has 8 nitrogen and oxygen atoms in total. The molecule has 0 radical (unpaired) electrons. The van der Waals surface area contributed by atoms with Gasteiger partial charge in [0.25, 0.3) is 17.7 Å². The summed E-state index contributed by atoms with van der Waals surface area (Å²) in [5, 5.41) is 2.63. The fraction of sp³-hybridized carbons (Fsp3) is 0.207. The largest absolute Gasteiger partial charge is 0.422 e. The summed E-state index contributed by atoms with van der Waals surface area (Å²) >= 11 is 46.7. The zero-order chi connectivity index (χ0) is 32.6. The van der Waals surface area contributed by atoms with Crippen molar-refractivity contribution in [1.29, 1.82) is 0 Å². The van der Waals surface area contributed by atoms with Crippen molar-refractivity contribution in [2.45, 2.75) is 14.1 Å². The minimum Gasteiger partial charge on any atom is -0.422 e. The number of carbonyl (C=O) groups is 5. The summed E-state index contributed by atoms with van der Waals surface area (Å²) in [6.45, 7) is -0.779. The number of thiophene rings is 1. The maximum Gasteiger partial charge on any atom is 0.353 e. The third-order valence-corrected chi connectivity index (χ3v) is 13.2. The molecule has 0 spiro atoms. The summed E-state index contributed by atoms with van der Waals surface area (Å²) in [6, 6.07) is 14.4. The molecular formula is C29H15Cl7N2O6S. The highest BCUT2D eigenvalue weighted by atomic mass is 35.5. The van der Waals surface area contributed by atoms with E-state index in [1.165, 1.54) is 59.9 Å². The van der Waals surface area contributed by atoms with Crippen LogP contribution in [-0.2, 0) is 9.59 Å². The van der Waals surface area contributed by atoms with E-state index in [2.05, 4.69) is 0 Å². The van der Waals surface area contributed by atoms with Crippen LogP contribution in [0, 0.1) is 11.8 Å². The lowest BCUT2D eigenvalue weighted by atomic mass is 9.84. The molecule has 1 aliphatic heterocycles. The van der Waals surface area contributed by atoms with Gasteiger partial charge in [-0.25, -0.2) is 9.80 Å². The number of ketones is 1. The summed E-state index contributed by atoms with van der Waals surface area (Å²) in [7, 11) is 0. The fourth-order valence-corrected chi connectivity index (χ4v) is 9.34. The minimum atomic E-state index is -2.18. The lowest BCUT2D eigenvalue weighted by Crippen LogP contribution is -2.56. The number of hydrazine groups is 1. The Morgan fingerprint density at radius 1 is 0.800 bits per heavy atom. The van der Waals surface area contributed by atoms with Gasteiger partial charge in [0.1, 0.15) is 26.9 Å². The topological polar surface area (TPSA) is 101 Å². The molecule has 1 saturated carbocycles. The maximum absolute atomic E-state index is 14.0. The highest BCUT2D eigenvalue weighted by molar-refractivity contribution is 7.12. The van der Waals surface area contributed by atoms with Gasteiger partial charge in [-0.2, -0.15) is 5.01 Å². The third-order valence-electron chi connectivity index (χ3n) is 7.86. The van der Waals surface area contributed by atoms with Gasteiger partial charge in [0.15, 0.2) is 10.1 Å². The summed E-state index contributed by atoms with van der Waals surface area (Å²) in [5.41, 5.74) is 0.0816. The van der Waals surface area contributed by atoms with E-state index < -0.39 is 61.9 Å². The molecule has 232 valence electrons. The summed E-state index contributed by atoms with van der Waals surface area (Å²) < 4.78 is 3.15. The Balaban J connectivity index is 1.33. The normalized spacial score (nSPS) is 26.3. The molecule has 16 heteroatoms. The van der Waals surface area contributed by atoms with Gasteiger partial charge < -0.3 is 4.74 Å². The van der Waals surface area contributed by atoms with Gasteiger partial charge in [-0.05, 0) is 60.0 Å². The van der Waals surface area contributed by atoms with Gasteiger partial charge in [0, 0.05) is 16.1 Å². The van der Waals surface area contributed by atoms with E-state index in [-0.39, 0.29) is 26.9 Å². The molecule has 2 heterocycles. The first-order chi connectivity index (χ1) is 21.2. The number of hydrogen-bond acceptors (Lipinski definition) is 7. The van der Waals surface area contributed by atoms with Crippen LogP contribution in [0.3, 0.4) is 0 Å². The van der Waals surface area contributed by atoms with E-state index >= 15 is 0 Å². The Morgan fingerprint density at radius 3 is 1.84 bits per heavy atom. The number of imide groups is 1. The molecule has 1 aromatic heterocycles. The molecule has 1 saturated heterocycles. The SMILES string of the molecule is O=C(CN(C(=O)c1ccc(Cl)cc1)N1C(=O)[C@H]2[C@H](C1=O)[C@@]1(Cl)C(Cl)=C(Cl)[C@@]2(Cl)C1(Cl)Cl)c1ccc(OC(=O)c2cccs2)cc1. The van der Waals surface area contributed by atoms with Crippen molar-refractivity contribution in [3.63, 3.8) is 0 Å². The van der Waals surface area contributed by atoms with Crippen LogP contribution >= 0.6 is 92.5 Å². The second kappa shape index (κ2) is 11.4. The molecule has 0 N–H and O–H groups in total. The maximum atomic E-state index is 14.0. The van der Waals surface area contributed by atoms with Crippen molar-refractivity contribution in [3.05, 3.63) is 97.1 Å². The molecule has 3 aliphatic rings. The monoisotopic (exact) mass is 764 g/mol. The van der Waals surface area contributed by atoms with Crippen molar-refractivity contribution >= 4 is 122 Å². The van der Waals surface area contributed by atoms with E-state index in [0.717, 1.165) is 0 Å². The molecule has 45 heavy (non-hydrogen) atoms. The number of nitrogens with zero attached hydrogens (tertiary/aromatic N) is 2. The third kappa shape index (κ3) is 4.65. The molecule has 4 atom stereocenters. The van der Waals surface area contributed by atoms with Crippen LogP contribution in [0.15, 0.2) is 76.1 Å². The Morgan fingerprint density at radius 2 is 1.33 bits per heavy atom. The summed E-state index contributed by atoms with van der Waals surface area (Å²) in [5.74, 6) is -7.05. The number of ether oxygens (including phenoxy) is 1. The number of carbonyl (C=O) groups excluding carboxylic acids is 5. The van der Waals surface area contributed by atoms with Gasteiger partial charge in [-0.15, -0.1) is 34.5 Å². The van der Waals surface area contributed by atoms with Gasteiger partial charge >= 0.3 is 5.97 Å². The van der Waals surface area contributed by atoms with Crippen LogP contribution in [-0.4, -0.2) is 60.1 Å². The molecule has 2 bridgehead atoms. The number of halogens is 7. The fourth-order valence-electron chi connectivity index (χ4n) is 5.68. The van der Waals surface area contributed by atoms with E-state index in [9.17, 15) is 24.0 Å². The smallest absolute Gasteiger partial charge is 0.353 e. The Bertz CT molecular complexity index is 1770. The highest BCUT2D eigenvalue weighted by Gasteiger charge is 2.88. The molecule has 3 amide bonds. The Kier molecular flexibility index (Phi) is 8.27. The lowest BCUT2D eigenvalue weighted by Gasteiger charge is -2.36. The minimum absolute atomic E-state index is 0.00284. The average Bonchev–Trinajstić information content (AvgIpc) is 3.70. The number of alkyl halides is 4. The van der Waals surface area contributed by atoms with Crippen molar-refractivity contribution in [2.75, 3.05) is 6.54 Å². The summed E-state index contributed by atoms with van der Waals surface area (Å²) in [4.78, 5) is 63.9. The first-order valence-electron chi connectivity index (χ1n) is 12.8. The average molecular weight is 768 g/mol. The Hall–Kier alpha value is -2.34. The zero-order valence-corrected chi connectivity index (χ0v) is 28.2. The van der Waals surface area contributed by atoms with Crippen LogP contribution in [0.4, 0.5) is 0 Å². The number of fused-ring (bicyclic) bond motifs is 5. The first kappa shape index (κ1) is 32.6. The van der Waals surface area contributed by atoms with Gasteiger partial charge in [-0.3, -0.25) is 19.2 Å². The quantitative estimate of drug-likeness (QED) is 0.0823. The van der Waals surface area contributed by atoms with Gasteiger partial charge in [-0.1, -0.05) is 64.1 Å². The summed E-state index contributed by atoms with van der Waals surface area (Å²) in [6.07, 6.45) is 0. The molecule has 2 aliphatic carbocycles. The standard InChI is InChI=1S/C29H15Cl7N2O6S/c30-15-7-3-14(4-8-15)23(40)37(12-17(39)13-5-9-16(10-6-13)44-26(43)18-2-1-11-45-18)38-24(41)19-20(25(38)42)28(34)22(32)21(31)27(19,33)29(28,35)36/h1-11,19-20H,12H2/t19-,20-,27-,28-/m1/s1. The predicted molar refractivity (Wildman–Crippen MR) is 172 cm³/mol. The molecule has 2 aromatic carbocycles. The van der Waals surface area contributed by atoms with Crippen LogP contribution in [0.1, 0.15) is 30.4 Å². The van der Waals surface area contributed by atoms with Crippen molar-refractivity contribution in [1.82, 2.24) is 10.0 Å². The van der Waals surface area contributed by atoms with E-state index in [1.54, 1.807) is 17.5 Å². The molecule has 6 rings (SSSR count). The van der Waals surface area contributed by atoms with Crippen LogP contribution < -0.4 is 4.74 Å². The zero-order valence-electron chi connectivity index (χ0n) is 22.1. The van der Waals surface area contributed by atoms with Crippen LogP contribution in [0.2, 0.25) is 5.02 Å². The first-order valence-corrected chi connectivity index (χ1v) is 16.3. The lowest BCUT2D eigenvalue weighted by molar-refractivity contribution is -0.154. The van der Waals surface area contributed by atoms with Gasteiger partial charge in [0.05, 0.1) is 21.9 Å². The van der Waals surface area contributed by atoms with Crippen molar-refractivity contribution in [2.24, 2.45) is 11.8 Å². The highest BCUT2D eigenvalue weighted by Crippen LogP contribution is 2.77. The number of amides is 3. The molecule has 0 unspecified atom stereocenters. The van der Waals surface area contributed by atoms with Crippen molar-refractivity contribution < 1.29 is 28.7 Å². The number of esters is 1. The molecular weight excluding hydrogens is 753 g/mol. The van der Waals surface area contributed by atoms with Crippen molar-refractivity contribution in [3.8, 4) is 5.75 Å². The number of hydrogen-bond donors (Lipinski definition) is 0. The number of benzene rings is 2. The van der Waals surface area contributed by atoms with E-state index in [0.29, 0.717) is 19.9 Å². The predicted octanol–water partition coefficient (Wildman–Crippen LogP) is 7.31. The number of rotatable bonds is 7. The van der Waals surface area contributed by atoms with E-state index in [1.807, 2.05) is 0 Å².